The Hall–Kier alpha value is -2.20. The molecule has 0 aliphatic carbocycles. The molecule has 21 heavy (non-hydrogen) atoms. The molecule has 2 aromatic carbocycles. The summed E-state index contributed by atoms with van der Waals surface area (Å²) in [7, 11) is 3.27. The van der Waals surface area contributed by atoms with E-state index < -0.39 is 0 Å². The highest BCUT2D eigenvalue weighted by atomic mass is 16.5. The molecule has 0 spiro atoms. The molecule has 2 rings (SSSR count). The van der Waals surface area contributed by atoms with Gasteiger partial charge in [0.05, 0.1) is 14.2 Å². The number of methoxy groups -OCH3 is 2. The Morgan fingerprint density at radius 3 is 2.48 bits per heavy atom. The van der Waals surface area contributed by atoms with E-state index in [9.17, 15) is 0 Å². The SMILES string of the molecule is COc1cccc(C(CN)Oc2ccc(C)cc2OC)c1. The Morgan fingerprint density at radius 1 is 1.00 bits per heavy atom. The third kappa shape index (κ3) is 3.67. The van der Waals surface area contributed by atoms with Crippen molar-refractivity contribution in [3.05, 3.63) is 53.6 Å². The first-order valence-corrected chi connectivity index (χ1v) is 6.83. The minimum absolute atomic E-state index is 0.253. The lowest BCUT2D eigenvalue weighted by Crippen LogP contribution is -2.18. The van der Waals surface area contributed by atoms with E-state index in [1.54, 1.807) is 14.2 Å². The molecule has 0 aliphatic rings. The van der Waals surface area contributed by atoms with Crippen molar-refractivity contribution < 1.29 is 14.2 Å². The van der Waals surface area contributed by atoms with Crippen LogP contribution in [0.15, 0.2) is 42.5 Å². The van der Waals surface area contributed by atoms with Crippen LogP contribution < -0.4 is 19.9 Å². The van der Waals surface area contributed by atoms with Gasteiger partial charge in [-0.25, -0.2) is 0 Å². The van der Waals surface area contributed by atoms with Gasteiger partial charge in [0.15, 0.2) is 11.5 Å². The van der Waals surface area contributed by atoms with Gasteiger partial charge >= 0.3 is 0 Å². The molecule has 0 amide bonds. The molecule has 1 unspecified atom stereocenters. The van der Waals surface area contributed by atoms with Gasteiger partial charge in [-0.15, -0.1) is 0 Å². The molecule has 4 nitrogen and oxygen atoms in total. The zero-order valence-electron chi connectivity index (χ0n) is 12.6. The van der Waals surface area contributed by atoms with Crippen molar-refractivity contribution in [3.8, 4) is 17.2 Å². The third-order valence-electron chi connectivity index (χ3n) is 3.27. The standard InChI is InChI=1S/C17H21NO3/c1-12-7-8-15(16(9-12)20-3)21-17(11-18)13-5-4-6-14(10-13)19-2/h4-10,17H,11,18H2,1-3H3. The molecular weight excluding hydrogens is 266 g/mol. The van der Waals surface area contributed by atoms with Crippen molar-refractivity contribution in [2.24, 2.45) is 5.73 Å². The van der Waals surface area contributed by atoms with Gasteiger partial charge in [-0.3, -0.25) is 0 Å². The van der Waals surface area contributed by atoms with E-state index in [2.05, 4.69) is 0 Å². The summed E-state index contributed by atoms with van der Waals surface area (Å²) in [4.78, 5) is 0. The third-order valence-corrected chi connectivity index (χ3v) is 3.27. The van der Waals surface area contributed by atoms with Crippen LogP contribution in [-0.4, -0.2) is 20.8 Å². The van der Waals surface area contributed by atoms with E-state index in [0.29, 0.717) is 18.0 Å². The number of hydrogen-bond acceptors (Lipinski definition) is 4. The van der Waals surface area contributed by atoms with Crippen LogP contribution in [0.1, 0.15) is 17.2 Å². The van der Waals surface area contributed by atoms with E-state index in [0.717, 1.165) is 16.9 Å². The number of aryl methyl sites for hydroxylation is 1. The molecule has 0 radical (unpaired) electrons. The van der Waals surface area contributed by atoms with Gasteiger partial charge in [0.2, 0.25) is 0 Å². The quantitative estimate of drug-likeness (QED) is 0.887. The Balaban J connectivity index is 2.26. The fourth-order valence-electron chi connectivity index (χ4n) is 2.12. The largest absolute Gasteiger partial charge is 0.497 e. The van der Waals surface area contributed by atoms with E-state index in [1.165, 1.54) is 0 Å². The van der Waals surface area contributed by atoms with Crippen LogP contribution in [0.4, 0.5) is 0 Å². The monoisotopic (exact) mass is 287 g/mol. The normalized spacial score (nSPS) is 11.8. The summed E-state index contributed by atoms with van der Waals surface area (Å²) in [6.07, 6.45) is -0.253. The number of ether oxygens (including phenoxy) is 3. The lowest BCUT2D eigenvalue weighted by atomic mass is 10.1. The summed E-state index contributed by atoms with van der Waals surface area (Å²) in [6, 6.07) is 13.5. The number of nitrogens with two attached hydrogens (primary N) is 1. The highest BCUT2D eigenvalue weighted by Crippen LogP contribution is 2.32. The number of rotatable bonds is 6. The first-order chi connectivity index (χ1) is 10.2. The fraction of sp³-hybridized carbons (Fsp3) is 0.294. The highest BCUT2D eigenvalue weighted by Gasteiger charge is 2.15. The topological polar surface area (TPSA) is 53.7 Å². The summed E-state index contributed by atoms with van der Waals surface area (Å²) in [5.41, 5.74) is 7.95. The van der Waals surface area contributed by atoms with Gasteiger partial charge in [0.1, 0.15) is 11.9 Å². The van der Waals surface area contributed by atoms with Crippen LogP contribution in [0.3, 0.4) is 0 Å². The molecule has 4 heteroatoms. The highest BCUT2D eigenvalue weighted by molar-refractivity contribution is 5.43. The van der Waals surface area contributed by atoms with Crippen LogP contribution >= 0.6 is 0 Å². The van der Waals surface area contributed by atoms with E-state index in [-0.39, 0.29) is 6.10 Å². The molecule has 0 saturated heterocycles. The van der Waals surface area contributed by atoms with E-state index in [4.69, 9.17) is 19.9 Å². The van der Waals surface area contributed by atoms with Crippen molar-refractivity contribution in [2.45, 2.75) is 13.0 Å². The summed E-state index contributed by atoms with van der Waals surface area (Å²) in [5.74, 6) is 2.17. The summed E-state index contributed by atoms with van der Waals surface area (Å²) >= 11 is 0. The predicted molar refractivity (Wildman–Crippen MR) is 83.1 cm³/mol. The van der Waals surface area contributed by atoms with Crippen LogP contribution in [-0.2, 0) is 0 Å². The van der Waals surface area contributed by atoms with Crippen molar-refractivity contribution >= 4 is 0 Å². The van der Waals surface area contributed by atoms with Crippen LogP contribution in [0.5, 0.6) is 17.2 Å². The van der Waals surface area contributed by atoms with E-state index in [1.807, 2.05) is 49.4 Å². The summed E-state index contributed by atoms with van der Waals surface area (Å²) < 4.78 is 16.6. The molecule has 0 saturated carbocycles. The van der Waals surface area contributed by atoms with E-state index >= 15 is 0 Å². The maximum absolute atomic E-state index is 6.02. The molecule has 0 heterocycles. The van der Waals surface area contributed by atoms with Crippen molar-refractivity contribution in [1.29, 1.82) is 0 Å². The fourth-order valence-corrected chi connectivity index (χ4v) is 2.12. The average molecular weight is 287 g/mol. The number of hydrogen-bond donors (Lipinski definition) is 1. The summed E-state index contributed by atoms with van der Waals surface area (Å²) in [6.45, 7) is 2.37. The molecule has 0 aliphatic heterocycles. The van der Waals surface area contributed by atoms with Gasteiger partial charge in [-0.2, -0.15) is 0 Å². The van der Waals surface area contributed by atoms with Crippen LogP contribution in [0, 0.1) is 6.92 Å². The predicted octanol–water partition coefficient (Wildman–Crippen LogP) is 3.09. The first-order valence-electron chi connectivity index (χ1n) is 6.83. The molecule has 0 bridgehead atoms. The van der Waals surface area contributed by atoms with Crippen molar-refractivity contribution in [3.63, 3.8) is 0 Å². The van der Waals surface area contributed by atoms with Gasteiger partial charge in [0.25, 0.3) is 0 Å². The van der Waals surface area contributed by atoms with Gasteiger partial charge in [0, 0.05) is 6.54 Å². The van der Waals surface area contributed by atoms with Gasteiger partial charge < -0.3 is 19.9 Å². The Bertz CT molecular complexity index is 598. The zero-order chi connectivity index (χ0) is 15.2. The second kappa shape index (κ2) is 6.99. The van der Waals surface area contributed by atoms with Crippen molar-refractivity contribution in [2.75, 3.05) is 20.8 Å². The molecule has 1 atom stereocenters. The second-order valence-corrected chi connectivity index (χ2v) is 4.77. The van der Waals surface area contributed by atoms with Crippen molar-refractivity contribution in [1.82, 2.24) is 0 Å². The Labute approximate surface area is 125 Å². The molecule has 112 valence electrons. The molecule has 2 N–H and O–H groups in total. The molecule has 0 fully saturated rings. The second-order valence-electron chi connectivity index (χ2n) is 4.77. The van der Waals surface area contributed by atoms with Gasteiger partial charge in [-0.1, -0.05) is 18.2 Å². The van der Waals surface area contributed by atoms with Crippen LogP contribution in [0.25, 0.3) is 0 Å². The summed E-state index contributed by atoms with van der Waals surface area (Å²) in [5, 5.41) is 0. The lowest BCUT2D eigenvalue weighted by Gasteiger charge is -2.20. The minimum Gasteiger partial charge on any atom is -0.497 e. The maximum Gasteiger partial charge on any atom is 0.162 e. The Morgan fingerprint density at radius 2 is 1.81 bits per heavy atom. The Kier molecular flexibility index (Phi) is 5.06. The maximum atomic E-state index is 6.02. The molecule has 0 aromatic heterocycles. The van der Waals surface area contributed by atoms with Gasteiger partial charge in [-0.05, 0) is 42.3 Å². The smallest absolute Gasteiger partial charge is 0.162 e. The molecular formula is C17H21NO3. The molecule has 2 aromatic rings. The average Bonchev–Trinajstić information content (AvgIpc) is 2.53. The lowest BCUT2D eigenvalue weighted by molar-refractivity contribution is 0.204. The number of benzene rings is 2. The minimum atomic E-state index is -0.253. The zero-order valence-corrected chi connectivity index (χ0v) is 12.6. The first kappa shape index (κ1) is 15.2. The van der Waals surface area contributed by atoms with Crippen LogP contribution in [0.2, 0.25) is 0 Å².